The predicted octanol–water partition coefficient (Wildman–Crippen LogP) is 15.9. The minimum Gasteiger partial charge on any atom is -0.456 e. The van der Waals surface area contributed by atoms with Crippen LogP contribution in [0.5, 0.6) is 0 Å². The third-order valence-electron chi connectivity index (χ3n) is 18.3. The van der Waals surface area contributed by atoms with Crippen LogP contribution in [0, 0.1) is 6.92 Å². The summed E-state index contributed by atoms with van der Waals surface area (Å²) in [6.45, 7) is 39.0. The fraction of sp³-hybridized carbons (Fsp3) is 0.438. The van der Waals surface area contributed by atoms with Crippen LogP contribution in [0.15, 0.2) is 95.4 Å². The molecule has 0 bridgehead atoms. The van der Waals surface area contributed by atoms with Gasteiger partial charge >= 0.3 is 0 Å². The van der Waals surface area contributed by atoms with E-state index in [1.54, 1.807) is 0 Å². The summed E-state index contributed by atoms with van der Waals surface area (Å²) in [6.07, 6.45) is 5.85. The number of nitrogens with zero attached hydrogens (tertiary/aromatic N) is 2. The largest absolute Gasteiger partial charge is 0.456 e. The van der Waals surface area contributed by atoms with E-state index in [4.69, 9.17) is 4.42 Å². The Morgan fingerprint density at radius 1 is 0.471 bits per heavy atom. The first-order valence-corrected chi connectivity index (χ1v) is 25.9. The fourth-order valence-electron chi connectivity index (χ4n) is 14.4. The molecule has 348 valence electrons. The van der Waals surface area contributed by atoms with E-state index < -0.39 is 0 Å². The molecule has 1 aromatic heterocycles. The monoisotopic (exact) mass is 897 g/mol. The molecule has 0 fully saturated rings. The van der Waals surface area contributed by atoms with Gasteiger partial charge in [0.25, 0.3) is 6.71 Å². The van der Waals surface area contributed by atoms with Crippen molar-refractivity contribution in [1.82, 2.24) is 0 Å². The summed E-state index contributed by atoms with van der Waals surface area (Å²) in [7, 11) is 0. The van der Waals surface area contributed by atoms with Gasteiger partial charge in [-0.05, 0) is 192 Å². The molecule has 3 nitrogen and oxygen atoms in total. The van der Waals surface area contributed by atoms with Crippen LogP contribution in [0.4, 0.5) is 34.1 Å². The minimum absolute atomic E-state index is 0.00872. The lowest BCUT2D eigenvalue weighted by Gasteiger charge is -2.48. The molecule has 0 saturated carbocycles. The third kappa shape index (κ3) is 6.10. The molecular weight excluding hydrogens is 824 g/mol. The number of hydrogen-bond donors (Lipinski definition) is 0. The number of benzene rings is 6. The van der Waals surface area contributed by atoms with Crippen LogP contribution in [-0.4, -0.2) is 6.71 Å². The highest BCUT2D eigenvalue weighted by molar-refractivity contribution is 7.00. The van der Waals surface area contributed by atoms with Crippen molar-refractivity contribution in [2.24, 2.45) is 0 Å². The van der Waals surface area contributed by atoms with E-state index >= 15 is 0 Å². The fourth-order valence-corrected chi connectivity index (χ4v) is 14.4. The molecule has 3 aliphatic carbocycles. The number of aryl methyl sites for hydroxylation is 1. The first kappa shape index (κ1) is 44.0. The Bertz CT molecular complexity index is 3340. The highest BCUT2D eigenvalue weighted by Crippen LogP contribution is 2.56. The number of anilines is 6. The summed E-state index contributed by atoms with van der Waals surface area (Å²) < 4.78 is 6.88. The molecule has 6 aromatic carbocycles. The Hall–Kier alpha value is -5.22. The zero-order chi connectivity index (χ0) is 48.2. The molecule has 0 N–H and O–H groups in total. The summed E-state index contributed by atoms with van der Waals surface area (Å²) in [4.78, 5) is 5.38. The van der Waals surface area contributed by atoms with Crippen LogP contribution in [0.25, 0.3) is 21.9 Å². The van der Waals surface area contributed by atoms with E-state index in [0.29, 0.717) is 0 Å². The molecule has 2 aliphatic heterocycles. The Labute approximate surface area is 407 Å². The quantitative estimate of drug-likeness (QED) is 0.161. The van der Waals surface area contributed by atoms with E-state index in [2.05, 4.69) is 212 Å². The van der Waals surface area contributed by atoms with Crippen LogP contribution < -0.4 is 26.2 Å². The van der Waals surface area contributed by atoms with Gasteiger partial charge in [-0.1, -0.05) is 140 Å². The zero-order valence-electron chi connectivity index (χ0n) is 44.1. The van der Waals surface area contributed by atoms with Crippen molar-refractivity contribution < 1.29 is 4.42 Å². The molecule has 5 aliphatic rings. The van der Waals surface area contributed by atoms with Gasteiger partial charge < -0.3 is 14.2 Å². The zero-order valence-corrected chi connectivity index (χ0v) is 44.1. The van der Waals surface area contributed by atoms with E-state index in [9.17, 15) is 0 Å². The third-order valence-corrected chi connectivity index (χ3v) is 18.3. The van der Waals surface area contributed by atoms with Gasteiger partial charge in [0.15, 0.2) is 0 Å². The van der Waals surface area contributed by atoms with Gasteiger partial charge in [-0.2, -0.15) is 0 Å². The maximum Gasteiger partial charge on any atom is 0.252 e. The molecule has 7 aromatic rings. The number of fused-ring (bicyclic) bond motifs is 10. The molecule has 12 rings (SSSR count). The van der Waals surface area contributed by atoms with E-state index in [-0.39, 0.29) is 44.6 Å². The van der Waals surface area contributed by atoms with E-state index in [0.717, 1.165) is 17.6 Å². The van der Waals surface area contributed by atoms with Gasteiger partial charge in [0.1, 0.15) is 11.2 Å². The lowest BCUT2D eigenvalue weighted by molar-refractivity contribution is 0.332. The Morgan fingerprint density at radius 2 is 0.985 bits per heavy atom. The molecular formula is C64H73BN2O. The predicted molar refractivity (Wildman–Crippen MR) is 292 cm³/mol. The standard InChI is InChI=1S/C64H73BN2O/c1-37-28-52-57-53(29-37)67(49-18-17-19-54-56(49)40-22-20-38(58(2,3)4)30-55(40)68-54)51-35-46-44(63(13,14)36-64(46,15)16)33-48(51)65(57)47-32-43-45(62(11,12)27-26-61(43,9)10)34-50(47)66(52)39-21-23-41-42(31-39)60(7,8)25-24-59(41,5)6/h17-23,28-35H,24-27,36H2,1-16H3. The molecule has 4 heteroatoms. The van der Waals surface area contributed by atoms with Gasteiger partial charge in [0, 0.05) is 33.8 Å². The van der Waals surface area contributed by atoms with Crippen molar-refractivity contribution in [3.05, 3.63) is 136 Å². The molecule has 0 saturated heterocycles. The average Bonchev–Trinajstić information content (AvgIpc) is 3.72. The van der Waals surface area contributed by atoms with Crippen molar-refractivity contribution in [3.63, 3.8) is 0 Å². The molecule has 3 heterocycles. The van der Waals surface area contributed by atoms with Crippen LogP contribution in [-0.2, 0) is 37.9 Å². The first-order chi connectivity index (χ1) is 31.7. The smallest absolute Gasteiger partial charge is 0.252 e. The van der Waals surface area contributed by atoms with Gasteiger partial charge in [-0.25, -0.2) is 0 Å². The molecule has 0 unspecified atom stereocenters. The number of rotatable bonds is 2. The number of furan rings is 1. The summed E-state index contributed by atoms with van der Waals surface area (Å²) in [5, 5.41) is 2.34. The second-order valence-corrected chi connectivity index (χ2v) is 27.2. The highest BCUT2D eigenvalue weighted by Gasteiger charge is 2.50. The second-order valence-electron chi connectivity index (χ2n) is 27.2. The van der Waals surface area contributed by atoms with Crippen molar-refractivity contribution >= 4 is 79.2 Å². The molecule has 0 spiro atoms. The SMILES string of the molecule is Cc1cc2c3c(c1)N(c1cccc4oc5cc(C(C)(C)C)ccc5c14)c1cc4c(cc1B3c1cc3c(cc1N2c1ccc2c(c1)C(C)(C)CCC2(C)C)C(C)(C)CCC3(C)C)C(C)(C)CC4(C)C. The van der Waals surface area contributed by atoms with Crippen molar-refractivity contribution in [2.45, 2.75) is 181 Å². The van der Waals surface area contributed by atoms with E-state index in [1.807, 2.05) is 0 Å². The molecule has 0 amide bonds. The molecule has 0 radical (unpaired) electrons. The van der Waals surface area contributed by atoms with Crippen molar-refractivity contribution in [2.75, 3.05) is 9.80 Å². The topological polar surface area (TPSA) is 19.6 Å². The van der Waals surface area contributed by atoms with Crippen LogP contribution in [0.2, 0.25) is 0 Å². The Balaban J connectivity index is 1.22. The average molecular weight is 897 g/mol. The summed E-state index contributed by atoms with van der Waals surface area (Å²) in [5.74, 6) is 0. The van der Waals surface area contributed by atoms with Gasteiger partial charge in [0.05, 0.1) is 11.1 Å². The summed E-state index contributed by atoms with van der Waals surface area (Å²) >= 11 is 0. The van der Waals surface area contributed by atoms with Crippen LogP contribution in [0.1, 0.15) is 180 Å². The summed E-state index contributed by atoms with van der Waals surface area (Å²) in [5.41, 5.74) is 25.7. The van der Waals surface area contributed by atoms with Gasteiger partial charge in [-0.15, -0.1) is 0 Å². The van der Waals surface area contributed by atoms with Gasteiger partial charge in [0.2, 0.25) is 0 Å². The lowest BCUT2D eigenvalue weighted by atomic mass is 9.33. The normalized spacial score (nSPS) is 20.7. The lowest BCUT2D eigenvalue weighted by Crippen LogP contribution is -2.62. The van der Waals surface area contributed by atoms with Crippen LogP contribution in [0.3, 0.4) is 0 Å². The first-order valence-electron chi connectivity index (χ1n) is 25.9. The van der Waals surface area contributed by atoms with Crippen molar-refractivity contribution in [3.8, 4) is 0 Å². The maximum atomic E-state index is 6.88. The van der Waals surface area contributed by atoms with Gasteiger partial charge in [-0.3, -0.25) is 0 Å². The second kappa shape index (κ2) is 13.6. The molecule has 0 atom stereocenters. The Kier molecular flexibility index (Phi) is 8.77. The van der Waals surface area contributed by atoms with Crippen LogP contribution >= 0.6 is 0 Å². The highest BCUT2D eigenvalue weighted by atomic mass is 16.3. The van der Waals surface area contributed by atoms with Crippen molar-refractivity contribution in [1.29, 1.82) is 0 Å². The molecule has 68 heavy (non-hydrogen) atoms. The maximum absolute atomic E-state index is 6.88. The number of hydrogen-bond acceptors (Lipinski definition) is 3. The summed E-state index contributed by atoms with van der Waals surface area (Å²) in [6, 6.07) is 36.9. The Morgan fingerprint density at radius 3 is 1.59 bits per heavy atom. The minimum atomic E-state index is 0.00872. The van der Waals surface area contributed by atoms with E-state index in [1.165, 1.54) is 131 Å².